The number of phosphoric ester groups is 2. The first kappa shape index (κ1) is 87.5. The molecule has 16 nitrogen and oxygen atoms in total. The van der Waals surface area contributed by atoms with Gasteiger partial charge in [0, 0.05) is 19.3 Å². The molecule has 91 heavy (non-hydrogen) atoms. The summed E-state index contributed by atoms with van der Waals surface area (Å²) in [7, 11) is -9.77. The number of hydrogen-bond acceptors (Lipinski definition) is 14. The summed E-state index contributed by atoms with van der Waals surface area (Å²) >= 11 is 0. The molecule has 0 aliphatic heterocycles. The standard InChI is InChI=1S/C73H128O16P2/c1-4-7-10-13-16-19-22-24-25-26-27-28-29-30-31-32-33-34-35-36-37-38-39-40-41-43-46-47-50-53-56-59-71(76)83-62-68(74)63-85-90(79,80)86-64-69(75)65-87-91(81,82)88-67-70(89-73(78)61-58-55-52-49-44-21-18-15-12-9-6-3)66-84-72(77)60-57-54-51-48-45-42-23-20-17-14-11-8-5-2/h7,10-11,14-16,18-20,23-25,27-28,30-31,68-70,74-75H,4-6,8-9,12-13,17,21-22,26,29,32-67H2,1-3H3,(H,79,80)(H,81,82)/b10-7-,14-11-,18-15-,19-16-,23-20-,25-24-,28-27-,31-30-. The SMILES string of the molecule is CC/C=C\C/C=C\C/C=C\C/C=C\C/C=C\CCCCCCCCCCCCCCCCCC(=O)OCC(O)COP(=O)(O)OCC(O)COP(=O)(O)OCC(COC(=O)CCCCCCC/C=C\C/C=C\CCC)OC(=O)CCCCCCC/C=C\CCCC. The molecule has 5 atom stereocenters. The molecule has 0 fully saturated rings. The van der Waals surface area contributed by atoms with Crippen molar-refractivity contribution in [2.24, 2.45) is 0 Å². The second-order valence-corrected chi connectivity index (χ2v) is 26.6. The molecule has 4 N–H and O–H groups in total. The fourth-order valence-electron chi connectivity index (χ4n) is 9.32. The van der Waals surface area contributed by atoms with Crippen LogP contribution < -0.4 is 0 Å². The van der Waals surface area contributed by atoms with E-state index in [-0.39, 0.29) is 19.3 Å². The van der Waals surface area contributed by atoms with Gasteiger partial charge in [-0.3, -0.25) is 32.5 Å². The van der Waals surface area contributed by atoms with Gasteiger partial charge in [0.25, 0.3) is 0 Å². The van der Waals surface area contributed by atoms with Crippen molar-refractivity contribution in [2.45, 2.75) is 309 Å². The molecule has 0 rings (SSSR count). The van der Waals surface area contributed by atoms with Crippen LogP contribution in [0.4, 0.5) is 0 Å². The molecule has 18 heteroatoms. The number of rotatable bonds is 67. The highest BCUT2D eigenvalue weighted by molar-refractivity contribution is 7.47. The van der Waals surface area contributed by atoms with Gasteiger partial charge in [-0.1, -0.05) is 259 Å². The van der Waals surface area contributed by atoms with Crippen LogP contribution in [-0.4, -0.2) is 95.9 Å². The van der Waals surface area contributed by atoms with Crippen LogP contribution in [0.1, 0.15) is 290 Å². The first-order valence-corrected chi connectivity index (χ1v) is 38.5. The van der Waals surface area contributed by atoms with Gasteiger partial charge < -0.3 is 34.2 Å². The molecular formula is C73H128O16P2. The molecule has 0 aromatic rings. The first-order chi connectivity index (χ1) is 44.2. The van der Waals surface area contributed by atoms with E-state index in [0.717, 1.165) is 141 Å². The summed E-state index contributed by atoms with van der Waals surface area (Å²) < 4.78 is 60.8. The van der Waals surface area contributed by atoms with E-state index in [4.69, 9.17) is 32.3 Å². The van der Waals surface area contributed by atoms with E-state index in [1.165, 1.54) is 89.9 Å². The van der Waals surface area contributed by atoms with Crippen LogP contribution in [-0.2, 0) is 55.8 Å². The molecular weight excluding hydrogens is 1190 g/mol. The van der Waals surface area contributed by atoms with E-state index < -0.39 is 91.5 Å². The Kier molecular flexibility index (Phi) is 63.9. The van der Waals surface area contributed by atoms with E-state index in [9.17, 15) is 43.5 Å². The Morgan fingerprint density at radius 3 is 0.978 bits per heavy atom. The van der Waals surface area contributed by atoms with Crippen molar-refractivity contribution >= 4 is 33.6 Å². The van der Waals surface area contributed by atoms with Crippen LogP contribution in [0.2, 0.25) is 0 Å². The molecule has 0 aromatic carbocycles. The Hall–Kier alpha value is -3.53. The highest BCUT2D eigenvalue weighted by Crippen LogP contribution is 2.45. The fraction of sp³-hybridized carbons (Fsp3) is 0.740. The number of ether oxygens (including phenoxy) is 3. The van der Waals surface area contributed by atoms with Gasteiger partial charge in [0.1, 0.15) is 25.4 Å². The van der Waals surface area contributed by atoms with Gasteiger partial charge in [-0.25, -0.2) is 9.13 Å². The van der Waals surface area contributed by atoms with E-state index in [0.29, 0.717) is 19.3 Å². The minimum absolute atomic E-state index is 0.0918. The molecule has 5 unspecified atom stereocenters. The van der Waals surface area contributed by atoms with Crippen LogP contribution in [0.5, 0.6) is 0 Å². The number of aliphatic hydroxyl groups is 2. The second-order valence-electron chi connectivity index (χ2n) is 23.6. The van der Waals surface area contributed by atoms with Crippen molar-refractivity contribution in [3.05, 3.63) is 97.2 Å². The van der Waals surface area contributed by atoms with Crippen LogP contribution in [0.25, 0.3) is 0 Å². The smallest absolute Gasteiger partial charge is 0.463 e. The maximum absolute atomic E-state index is 12.8. The summed E-state index contributed by atoms with van der Waals surface area (Å²) in [5.74, 6) is -1.60. The minimum Gasteiger partial charge on any atom is -0.463 e. The van der Waals surface area contributed by atoms with Crippen LogP contribution in [0.3, 0.4) is 0 Å². The summed E-state index contributed by atoms with van der Waals surface area (Å²) in [6, 6.07) is 0. The highest BCUT2D eigenvalue weighted by Gasteiger charge is 2.29. The van der Waals surface area contributed by atoms with E-state index >= 15 is 0 Å². The van der Waals surface area contributed by atoms with E-state index in [1.54, 1.807) is 0 Å². The zero-order valence-corrected chi connectivity index (χ0v) is 58.8. The quantitative estimate of drug-likeness (QED) is 0.0146. The Balaban J connectivity index is 4.34. The summed E-state index contributed by atoms with van der Waals surface area (Å²) in [5, 5.41) is 20.5. The number of aliphatic hydroxyl groups excluding tert-OH is 2. The van der Waals surface area contributed by atoms with Crippen molar-refractivity contribution < 1.29 is 75.8 Å². The van der Waals surface area contributed by atoms with Gasteiger partial charge in [0.05, 0.1) is 26.4 Å². The molecule has 0 aromatic heterocycles. The molecule has 0 amide bonds. The Labute approximate surface area is 552 Å². The Morgan fingerprint density at radius 2 is 0.604 bits per heavy atom. The van der Waals surface area contributed by atoms with Crippen molar-refractivity contribution in [1.82, 2.24) is 0 Å². The zero-order valence-electron chi connectivity index (χ0n) is 57.0. The predicted octanol–water partition coefficient (Wildman–Crippen LogP) is 19.9. The largest absolute Gasteiger partial charge is 0.472 e. The molecule has 0 saturated carbocycles. The van der Waals surface area contributed by atoms with Gasteiger partial charge in [0.15, 0.2) is 6.10 Å². The monoisotopic (exact) mass is 1320 g/mol. The number of allylic oxidation sites excluding steroid dienone is 16. The van der Waals surface area contributed by atoms with Crippen LogP contribution >= 0.6 is 15.6 Å². The third-order valence-corrected chi connectivity index (χ3v) is 16.6. The number of carbonyl (C=O) groups excluding carboxylic acids is 3. The van der Waals surface area contributed by atoms with E-state index in [2.05, 4.69) is 118 Å². The topological polar surface area (TPSA) is 231 Å². The average molecular weight is 1320 g/mol. The maximum atomic E-state index is 12.8. The lowest BCUT2D eigenvalue weighted by atomic mass is 10.0. The van der Waals surface area contributed by atoms with Gasteiger partial charge >= 0.3 is 33.6 Å². The number of carbonyl (C=O) groups is 3. The molecule has 0 radical (unpaired) electrons. The Bertz CT molecular complexity index is 2050. The molecule has 0 heterocycles. The minimum atomic E-state index is -4.92. The number of esters is 3. The number of phosphoric acid groups is 2. The van der Waals surface area contributed by atoms with Crippen molar-refractivity contribution in [2.75, 3.05) is 39.6 Å². The number of hydrogen-bond donors (Lipinski definition) is 4. The predicted molar refractivity (Wildman–Crippen MR) is 371 cm³/mol. The lowest BCUT2D eigenvalue weighted by molar-refractivity contribution is -0.161. The summed E-state index contributed by atoms with van der Waals surface area (Å²) in [6.45, 7) is 2.42. The van der Waals surface area contributed by atoms with Crippen molar-refractivity contribution in [3.8, 4) is 0 Å². The average Bonchev–Trinajstić information content (AvgIpc) is 3.61. The third-order valence-electron chi connectivity index (χ3n) is 14.7. The lowest BCUT2D eigenvalue weighted by Crippen LogP contribution is -2.30. The number of unbranched alkanes of at least 4 members (excludes halogenated alkanes) is 28. The zero-order chi connectivity index (χ0) is 66.7. The molecule has 0 bridgehead atoms. The molecule has 0 saturated heterocycles. The van der Waals surface area contributed by atoms with Crippen LogP contribution in [0, 0.1) is 0 Å². The normalized spacial score (nSPS) is 14.8. The Morgan fingerprint density at radius 1 is 0.319 bits per heavy atom. The fourth-order valence-corrected chi connectivity index (χ4v) is 10.9. The van der Waals surface area contributed by atoms with Gasteiger partial charge in [0.2, 0.25) is 0 Å². The van der Waals surface area contributed by atoms with Gasteiger partial charge in [-0.05, 0) is 109 Å². The third kappa shape index (κ3) is 67.7. The summed E-state index contributed by atoms with van der Waals surface area (Å²) in [6.07, 6.45) is 73.5. The first-order valence-electron chi connectivity index (χ1n) is 35.5. The molecule has 0 spiro atoms. The van der Waals surface area contributed by atoms with Crippen molar-refractivity contribution in [3.63, 3.8) is 0 Å². The van der Waals surface area contributed by atoms with E-state index in [1.807, 2.05) is 0 Å². The van der Waals surface area contributed by atoms with Gasteiger partial charge in [-0.15, -0.1) is 0 Å². The van der Waals surface area contributed by atoms with Crippen molar-refractivity contribution in [1.29, 1.82) is 0 Å². The molecule has 526 valence electrons. The summed E-state index contributed by atoms with van der Waals surface area (Å²) in [5.41, 5.74) is 0. The maximum Gasteiger partial charge on any atom is 0.472 e. The highest BCUT2D eigenvalue weighted by atomic mass is 31.2. The van der Waals surface area contributed by atoms with Crippen LogP contribution in [0.15, 0.2) is 97.2 Å². The lowest BCUT2D eigenvalue weighted by Gasteiger charge is -2.21. The molecule has 0 aliphatic rings. The summed E-state index contributed by atoms with van der Waals surface area (Å²) in [4.78, 5) is 58.2. The second kappa shape index (κ2) is 66.5. The van der Waals surface area contributed by atoms with Gasteiger partial charge in [-0.2, -0.15) is 0 Å². The molecule has 0 aliphatic carbocycles.